The zero-order chi connectivity index (χ0) is 15.1. The summed E-state index contributed by atoms with van der Waals surface area (Å²) in [6, 6.07) is 9.07. The van der Waals surface area contributed by atoms with Crippen molar-refractivity contribution < 1.29 is 14.6 Å². The standard InChI is InChI=1S/C17H25NO3/c1-2-21-16(20)15(14-9-5-3-6-10-14)18-17(13-19)11-7-4-8-12-17/h3,5-6,9-10,15,18-19H,2,4,7-8,11-13H2,1H3. The molecular formula is C17H25NO3. The number of hydrogen-bond donors (Lipinski definition) is 2. The fourth-order valence-electron chi connectivity index (χ4n) is 3.03. The number of hydrogen-bond acceptors (Lipinski definition) is 4. The van der Waals surface area contributed by atoms with E-state index in [1.807, 2.05) is 37.3 Å². The van der Waals surface area contributed by atoms with Gasteiger partial charge in [0.15, 0.2) is 0 Å². The molecule has 116 valence electrons. The first-order chi connectivity index (χ1) is 10.2. The number of ether oxygens (including phenoxy) is 1. The molecule has 1 aliphatic carbocycles. The van der Waals surface area contributed by atoms with Crippen LogP contribution in [0.15, 0.2) is 30.3 Å². The number of rotatable bonds is 6. The van der Waals surface area contributed by atoms with Crippen molar-refractivity contribution in [3.63, 3.8) is 0 Å². The summed E-state index contributed by atoms with van der Waals surface area (Å²) >= 11 is 0. The molecule has 1 aromatic carbocycles. The van der Waals surface area contributed by atoms with E-state index >= 15 is 0 Å². The van der Waals surface area contributed by atoms with Crippen molar-refractivity contribution in [1.82, 2.24) is 5.32 Å². The Morgan fingerprint density at radius 1 is 1.29 bits per heavy atom. The summed E-state index contributed by atoms with van der Waals surface area (Å²) in [5.41, 5.74) is 0.514. The maximum absolute atomic E-state index is 12.3. The van der Waals surface area contributed by atoms with Crippen LogP contribution in [-0.2, 0) is 9.53 Å². The monoisotopic (exact) mass is 291 g/mol. The lowest BCUT2D eigenvalue weighted by Gasteiger charge is -2.39. The van der Waals surface area contributed by atoms with Gasteiger partial charge in [-0.25, -0.2) is 4.79 Å². The highest BCUT2D eigenvalue weighted by Crippen LogP contribution is 2.31. The lowest BCUT2D eigenvalue weighted by atomic mass is 9.81. The topological polar surface area (TPSA) is 58.6 Å². The van der Waals surface area contributed by atoms with Gasteiger partial charge in [0.25, 0.3) is 0 Å². The first-order valence-electron chi connectivity index (χ1n) is 7.81. The minimum atomic E-state index is -0.517. The van der Waals surface area contributed by atoms with Crippen LogP contribution < -0.4 is 5.32 Å². The second kappa shape index (κ2) is 7.57. The molecule has 2 N–H and O–H groups in total. The van der Waals surface area contributed by atoms with Crippen LogP contribution in [0.2, 0.25) is 0 Å². The molecule has 1 aliphatic rings. The van der Waals surface area contributed by atoms with Crippen molar-refractivity contribution in [3.8, 4) is 0 Å². The molecule has 0 bridgehead atoms. The third-order valence-corrected chi connectivity index (χ3v) is 4.22. The third-order valence-electron chi connectivity index (χ3n) is 4.22. The van der Waals surface area contributed by atoms with E-state index in [0.29, 0.717) is 6.61 Å². The molecule has 0 aromatic heterocycles. The molecule has 0 amide bonds. The van der Waals surface area contributed by atoms with Crippen molar-refractivity contribution in [2.24, 2.45) is 0 Å². The van der Waals surface area contributed by atoms with E-state index in [1.54, 1.807) is 0 Å². The summed E-state index contributed by atoms with van der Waals surface area (Å²) in [7, 11) is 0. The normalized spacial score (nSPS) is 19.0. The van der Waals surface area contributed by atoms with Crippen LogP contribution in [0.1, 0.15) is 50.6 Å². The predicted octanol–water partition coefficient (Wildman–Crippen LogP) is 2.58. The number of esters is 1. The number of carbonyl (C=O) groups excluding carboxylic acids is 1. The summed E-state index contributed by atoms with van der Waals surface area (Å²) in [6.45, 7) is 2.22. The van der Waals surface area contributed by atoms with E-state index in [9.17, 15) is 9.90 Å². The molecule has 0 saturated heterocycles. The Hall–Kier alpha value is -1.39. The molecular weight excluding hydrogens is 266 g/mol. The maximum Gasteiger partial charge on any atom is 0.327 e. The quantitative estimate of drug-likeness (QED) is 0.791. The first-order valence-corrected chi connectivity index (χ1v) is 7.81. The van der Waals surface area contributed by atoms with Crippen LogP contribution in [0.3, 0.4) is 0 Å². The van der Waals surface area contributed by atoms with Gasteiger partial charge in [-0.15, -0.1) is 0 Å². The molecule has 1 unspecified atom stereocenters. The third kappa shape index (κ3) is 4.05. The van der Waals surface area contributed by atoms with Gasteiger partial charge >= 0.3 is 5.97 Å². The number of aliphatic hydroxyl groups excluding tert-OH is 1. The van der Waals surface area contributed by atoms with Gasteiger partial charge in [-0.2, -0.15) is 0 Å². The van der Waals surface area contributed by atoms with Crippen LogP contribution in [-0.4, -0.2) is 29.8 Å². The van der Waals surface area contributed by atoms with E-state index < -0.39 is 6.04 Å². The van der Waals surface area contributed by atoms with E-state index in [4.69, 9.17) is 4.74 Å². The molecule has 2 rings (SSSR count). The molecule has 21 heavy (non-hydrogen) atoms. The van der Waals surface area contributed by atoms with Crippen LogP contribution in [0.5, 0.6) is 0 Å². The molecule has 0 aliphatic heterocycles. The van der Waals surface area contributed by atoms with Gasteiger partial charge in [-0.3, -0.25) is 5.32 Å². The highest BCUT2D eigenvalue weighted by atomic mass is 16.5. The highest BCUT2D eigenvalue weighted by molar-refractivity contribution is 5.77. The SMILES string of the molecule is CCOC(=O)C(NC1(CO)CCCCC1)c1ccccc1. The Labute approximate surface area is 126 Å². The molecule has 1 aromatic rings. The smallest absolute Gasteiger partial charge is 0.327 e. The molecule has 1 fully saturated rings. The van der Waals surface area contributed by atoms with Crippen molar-refractivity contribution in [1.29, 1.82) is 0 Å². The molecule has 1 atom stereocenters. The number of carbonyl (C=O) groups is 1. The van der Waals surface area contributed by atoms with Gasteiger partial charge < -0.3 is 9.84 Å². The van der Waals surface area contributed by atoms with Gasteiger partial charge in [-0.05, 0) is 25.3 Å². The second-order valence-corrected chi connectivity index (χ2v) is 5.74. The largest absolute Gasteiger partial charge is 0.465 e. The minimum absolute atomic E-state index is 0.0513. The molecule has 0 spiro atoms. The Kier molecular flexibility index (Phi) is 5.76. The number of benzene rings is 1. The zero-order valence-corrected chi connectivity index (χ0v) is 12.7. The zero-order valence-electron chi connectivity index (χ0n) is 12.7. The van der Waals surface area contributed by atoms with Crippen molar-refractivity contribution >= 4 is 5.97 Å². The van der Waals surface area contributed by atoms with Crippen molar-refractivity contribution in [2.45, 2.75) is 50.6 Å². The Balaban J connectivity index is 2.20. The van der Waals surface area contributed by atoms with Gasteiger partial charge in [0.05, 0.1) is 13.2 Å². The average molecular weight is 291 g/mol. The predicted molar refractivity (Wildman–Crippen MR) is 81.9 cm³/mol. The average Bonchev–Trinajstić information content (AvgIpc) is 2.54. The van der Waals surface area contributed by atoms with E-state index in [1.165, 1.54) is 6.42 Å². The van der Waals surface area contributed by atoms with Crippen molar-refractivity contribution in [2.75, 3.05) is 13.2 Å². The fraction of sp³-hybridized carbons (Fsp3) is 0.588. The van der Waals surface area contributed by atoms with Crippen LogP contribution in [0, 0.1) is 0 Å². The summed E-state index contributed by atoms with van der Waals surface area (Å²) in [5.74, 6) is -0.276. The van der Waals surface area contributed by atoms with Gasteiger partial charge in [0.1, 0.15) is 6.04 Å². The number of aliphatic hydroxyl groups is 1. The highest BCUT2D eigenvalue weighted by Gasteiger charge is 2.36. The van der Waals surface area contributed by atoms with Crippen LogP contribution >= 0.6 is 0 Å². The van der Waals surface area contributed by atoms with Crippen molar-refractivity contribution in [3.05, 3.63) is 35.9 Å². The summed E-state index contributed by atoms with van der Waals surface area (Å²) in [4.78, 5) is 12.3. The molecule has 4 heteroatoms. The Bertz CT molecular complexity index is 441. The molecule has 0 heterocycles. The first kappa shape index (κ1) is 16.0. The Morgan fingerprint density at radius 2 is 1.95 bits per heavy atom. The summed E-state index contributed by atoms with van der Waals surface area (Å²) in [6.07, 6.45) is 5.15. The van der Waals surface area contributed by atoms with E-state index in [0.717, 1.165) is 31.2 Å². The molecule has 0 radical (unpaired) electrons. The lowest BCUT2D eigenvalue weighted by molar-refractivity contribution is -0.147. The molecule has 4 nitrogen and oxygen atoms in total. The maximum atomic E-state index is 12.3. The van der Waals surface area contributed by atoms with Gasteiger partial charge in [0, 0.05) is 5.54 Å². The van der Waals surface area contributed by atoms with Gasteiger partial charge in [-0.1, -0.05) is 49.6 Å². The summed E-state index contributed by atoms with van der Waals surface area (Å²) < 4.78 is 5.21. The minimum Gasteiger partial charge on any atom is -0.465 e. The lowest BCUT2D eigenvalue weighted by Crippen LogP contribution is -2.53. The summed E-state index contributed by atoms with van der Waals surface area (Å²) in [5, 5.41) is 13.2. The van der Waals surface area contributed by atoms with Crippen LogP contribution in [0.25, 0.3) is 0 Å². The molecule has 1 saturated carbocycles. The van der Waals surface area contributed by atoms with E-state index in [2.05, 4.69) is 5.32 Å². The number of nitrogens with one attached hydrogen (secondary N) is 1. The van der Waals surface area contributed by atoms with E-state index in [-0.39, 0.29) is 18.1 Å². The second-order valence-electron chi connectivity index (χ2n) is 5.74. The van der Waals surface area contributed by atoms with Crippen LogP contribution in [0.4, 0.5) is 0 Å². The fourth-order valence-corrected chi connectivity index (χ4v) is 3.03. The Morgan fingerprint density at radius 3 is 2.52 bits per heavy atom. The van der Waals surface area contributed by atoms with Gasteiger partial charge in [0.2, 0.25) is 0 Å².